The minimum Gasteiger partial charge on any atom is -0.0799 e. The van der Waals surface area contributed by atoms with Gasteiger partial charge in [-0.3, -0.25) is 0 Å². The van der Waals surface area contributed by atoms with Crippen LogP contribution in [0.2, 0.25) is 0 Å². The van der Waals surface area contributed by atoms with Crippen LogP contribution in [0.1, 0.15) is 49.8 Å². The van der Waals surface area contributed by atoms with Crippen molar-refractivity contribution in [1.82, 2.24) is 0 Å². The number of fused-ring (bicyclic) bond motifs is 1. The van der Waals surface area contributed by atoms with Crippen molar-refractivity contribution in [3.63, 3.8) is 0 Å². The second kappa shape index (κ2) is 3.84. The molecule has 1 aliphatic carbocycles. The van der Waals surface area contributed by atoms with Crippen LogP contribution in [0, 0.1) is 12.8 Å². The molecule has 0 bridgehead atoms. The fraction of sp³-hybridized carbons (Fsp3) is 0.467. The lowest BCUT2D eigenvalue weighted by molar-refractivity contribution is 0.743. The Morgan fingerprint density at radius 1 is 1.27 bits per heavy atom. The third-order valence-corrected chi connectivity index (χ3v) is 3.36. The van der Waals surface area contributed by atoms with Gasteiger partial charge < -0.3 is 0 Å². The Hall–Kier alpha value is -1.04. The quantitative estimate of drug-likeness (QED) is 0.624. The molecule has 0 amide bonds. The van der Waals surface area contributed by atoms with Crippen molar-refractivity contribution in [2.75, 3.05) is 0 Å². The molecular formula is C15H20. The Kier molecular flexibility index (Phi) is 2.68. The highest BCUT2D eigenvalue weighted by Gasteiger charge is 2.19. The van der Waals surface area contributed by atoms with E-state index in [9.17, 15) is 0 Å². The molecule has 0 aliphatic heterocycles. The Morgan fingerprint density at radius 3 is 2.67 bits per heavy atom. The largest absolute Gasteiger partial charge is 0.0799 e. The number of rotatable bonds is 1. The molecule has 0 spiro atoms. The summed E-state index contributed by atoms with van der Waals surface area (Å²) >= 11 is 0. The maximum atomic E-state index is 2.43. The molecular weight excluding hydrogens is 180 g/mol. The third-order valence-electron chi connectivity index (χ3n) is 3.36. The van der Waals surface area contributed by atoms with Crippen molar-refractivity contribution in [3.8, 4) is 0 Å². The highest BCUT2D eigenvalue weighted by molar-refractivity contribution is 5.72. The molecule has 1 aliphatic rings. The molecule has 1 atom stereocenters. The van der Waals surface area contributed by atoms with Crippen LogP contribution in [0.15, 0.2) is 24.3 Å². The smallest absolute Gasteiger partial charge is 0.0150 e. The van der Waals surface area contributed by atoms with E-state index in [0.717, 1.165) is 0 Å². The van der Waals surface area contributed by atoms with Gasteiger partial charge in [-0.25, -0.2) is 0 Å². The molecule has 0 saturated heterocycles. The molecule has 1 aromatic carbocycles. The van der Waals surface area contributed by atoms with E-state index in [1.165, 1.54) is 28.7 Å². The van der Waals surface area contributed by atoms with E-state index in [-0.39, 0.29) is 0 Å². The van der Waals surface area contributed by atoms with Crippen LogP contribution >= 0.6 is 0 Å². The summed E-state index contributed by atoms with van der Waals surface area (Å²) in [4.78, 5) is 0. The molecule has 0 saturated carbocycles. The fourth-order valence-electron chi connectivity index (χ4n) is 2.44. The molecule has 0 aromatic heterocycles. The topological polar surface area (TPSA) is 0 Å². The molecule has 0 radical (unpaired) electrons. The predicted molar refractivity (Wildman–Crippen MR) is 67.0 cm³/mol. The van der Waals surface area contributed by atoms with Crippen molar-refractivity contribution in [1.29, 1.82) is 0 Å². The van der Waals surface area contributed by atoms with Crippen molar-refractivity contribution >= 4 is 5.57 Å². The maximum absolute atomic E-state index is 2.43. The summed E-state index contributed by atoms with van der Waals surface area (Å²) in [6, 6.07) is 6.89. The average molecular weight is 200 g/mol. The zero-order valence-corrected chi connectivity index (χ0v) is 10.2. The van der Waals surface area contributed by atoms with Gasteiger partial charge >= 0.3 is 0 Å². The first kappa shape index (κ1) is 10.5. The minimum atomic E-state index is 0.637. The molecule has 0 heterocycles. The lowest BCUT2D eigenvalue weighted by Crippen LogP contribution is -2.07. The summed E-state index contributed by atoms with van der Waals surface area (Å²) in [5.41, 5.74) is 5.93. The Balaban J connectivity index is 2.55. The average Bonchev–Trinajstić information content (AvgIpc) is 2.17. The first-order valence-corrected chi connectivity index (χ1v) is 5.90. The molecule has 0 unspecified atom stereocenters. The van der Waals surface area contributed by atoms with Gasteiger partial charge in [-0.1, -0.05) is 50.6 Å². The van der Waals surface area contributed by atoms with E-state index in [1.807, 2.05) is 0 Å². The van der Waals surface area contributed by atoms with Crippen molar-refractivity contribution < 1.29 is 0 Å². The highest BCUT2D eigenvalue weighted by atomic mass is 14.2. The lowest BCUT2D eigenvalue weighted by atomic mass is 9.80. The highest BCUT2D eigenvalue weighted by Crippen LogP contribution is 2.37. The number of aryl methyl sites for hydroxylation is 1. The van der Waals surface area contributed by atoms with E-state index >= 15 is 0 Å². The maximum Gasteiger partial charge on any atom is -0.0150 e. The van der Waals surface area contributed by atoms with Gasteiger partial charge in [-0.05, 0) is 41.9 Å². The van der Waals surface area contributed by atoms with Gasteiger partial charge in [0.25, 0.3) is 0 Å². The van der Waals surface area contributed by atoms with E-state index < -0.39 is 0 Å². The van der Waals surface area contributed by atoms with Crippen LogP contribution in [0.3, 0.4) is 0 Å². The number of hydrogen-bond donors (Lipinski definition) is 0. The second-order valence-corrected chi connectivity index (χ2v) is 5.04. The standard InChI is InChI=1S/C15H20/c1-10(2)13-8-6-12(4)14-7-5-11(3)9-15(13)14/h5,7-10,12H,6H2,1-4H3/t12-/m1/s1. The zero-order valence-electron chi connectivity index (χ0n) is 10.2. The summed E-state index contributed by atoms with van der Waals surface area (Å²) in [7, 11) is 0. The monoisotopic (exact) mass is 200 g/mol. The van der Waals surface area contributed by atoms with Gasteiger partial charge in [0.05, 0.1) is 0 Å². The number of hydrogen-bond acceptors (Lipinski definition) is 0. The molecule has 1 aromatic rings. The van der Waals surface area contributed by atoms with Gasteiger partial charge in [0.15, 0.2) is 0 Å². The Bertz CT molecular complexity index is 396. The van der Waals surface area contributed by atoms with Crippen LogP contribution in [0.5, 0.6) is 0 Å². The van der Waals surface area contributed by atoms with Crippen LogP contribution in [0.4, 0.5) is 0 Å². The SMILES string of the molecule is Cc1ccc2c(c1)C(C(C)C)=CC[C@H]2C. The zero-order chi connectivity index (χ0) is 11.0. The van der Waals surface area contributed by atoms with Crippen LogP contribution in [-0.4, -0.2) is 0 Å². The number of allylic oxidation sites excluding steroid dienone is 2. The van der Waals surface area contributed by atoms with Gasteiger partial charge in [0.1, 0.15) is 0 Å². The molecule has 0 N–H and O–H groups in total. The van der Waals surface area contributed by atoms with Gasteiger partial charge in [-0.15, -0.1) is 0 Å². The summed E-state index contributed by atoms with van der Waals surface area (Å²) in [6.07, 6.45) is 3.63. The Labute approximate surface area is 93.0 Å². The fourth-order valence-corrected chi connectivity index (χ4v) is 2.44. The van der Waals surface area contributed by atoms with E-state index in [0.29, 0.717) is 11.8 Å². The number of benzene rings is 1. The van der Waals surface area contributed by atoms with Crippen LogP contribution < -0.4 is 0 Å². The molecule has 0 heteroatoms. The second-order valence-electron chi connectivity index (χ2n) is 5.04. The summed E-state index contributed by atoms with van der Waals surface area (Å²) in [5, 5.41) is 0. The van der Waals surface area contributed by atoms with Crippen molar-refractivity contribution in [2.45, 2.75) is 40.0 Å². The molecule has 0 nitrogen and oxygen atoms in total. The van der Waals surface area contributed by atoms with Crippen LogP contribution in [-0.2, 0) is 0 Å². The Morgan fingerprint density at radius 2 is 2.00 bits per heavy atom. The summed E-state index contributed by atoms with van der Waals surface area (Å²) in [6.45, 7) is 9.07. The lowest BCUT2D eigenvalue weighted by Gasteiger charge is -2.25. The molecule has 15 heavy (non-hydrogen) atoms. The predicted octanol–water partition coefficient (Wildman–Crippen LogP) is 4.54. The van der Waals surface area contributed by atoms with Gasteiger partial charge in [0, 0.05) is 0 Å². The minimum absolute atomic E-state index is 0.637. The molecule has 0 fully saturated rings. The first-order chi connectivity index (χ1) is 7.09. The van der Waals surface area contributed by atoms with E-state index in [4.69, 9.17) is 0 Å². The van der Waals surface area contributed by atoms with Gasteiger partial charge in [-0.2, -0.15) is 0 Å². The molecule has 2 rings (SSSR count). The van der Waals surface area contributed by atoms with Crippen LogP contribution in [0.25, 0.3) is 5.57 Å². The van der Waals surface area contributed by atoms with Gasteiger partial charge in [0.2, 0.25) is 0 Å². The summed E-state index contributed by atoms with van der Waals surface area (Å²) in [5.74, 6) is 1.32. The first-order valence-electron chi connectivity index (χ1n) is 5.90. The normalized spacial score (nSPS) is 20.1. The third kappa shape index (κ3) is 1.86. The summed E-state index contributed by atoms with van der Waals surface area (Å²) < 4.78 is 0. The van der Waals surface area contributed by atoms with Crippen molar-refractivity contribution in [3.05, 3.63) is 41.0 Å². The van der Waals surface area contributed by atoms with E-state index in [2.05, 4.69) is 52.0 Å². The molecule has 80 valence electrons. The van der Waals surface area contributed by atoms with Crippen molar-refractivity contribution in [2.24, 2.45) is 5.92 Å². The van der Waals surface area contributed by atoms with E-state index in [1.54, 1.807) is 0 Å².